The van der Waals surface area contributed by atoms with Crippen LogP contribution in [-0.2, 0) is 14.3 Å². The highest BCUT2D eigenvalue weighted by atomic mass is 16.6. The number of carbonyl (C=O) groups is 3. The van der Waals surface area contributed by atoms with Gasteiger partial charge >= 0.3 is 6.09 Å². The van der Waals surface area contributed by atoms with Crippen LogP contribution in [-0.4, -0.2) is 67.0 Å². The maximum Gasteiger partial charge on any atom is 0.413 e. The van der Waals surface area contributed by atoms with Gasteiger partial charge < -0.3 is 20.7 Å². The highest BCUT2D eigenvalue weighted by Crippen LogP contribution is 2.09. The average Bonchev–Trinajstić information content (AvgIpc) is 3.00. The number of ether oxygens (including phenoxy) is 1. The summed E-state index contributed by atoms with van der Waals surface area (Å²) in [6.45, 7) is 3.80. The van der Waals surface area contributed by atoms with Gasteiger partial charge in [0.05, 0.1) is 6.61 Å². The summed E-state index contributed by atoms with van der Waals surface area (Å²) in [4.78, 5) is 38.2. The molecule has 3 amide bonds. The minimum Gasteiger partial charge on any atom is -0.449 e. The minimum absolute atomic E-state index is 0.133. The summed E-state index contributed by atoms with van der Waals surface area (Å²) in [6, 6.07) is 1.77. The van der Waals surface area contributed by atoms with E-state index < -0.39 is 12.0 Å². The number of hydrogen-bond acceptors (Lipinski definition) is 6. The van der Waals surface area contributed by atoms with Crippen LogP contribution in [0.15, 0.2) is 11.8 Å². The molecule has 1 heterocycles. The van der Waals surface area contributed by atoms with Gasteiger partial charge in [-0.2, -0.15) is 5.26 Å². The van der Waals surface area contributed by atoms with Crippen molar-refractivity contribution in [1.29, 1.82) is 5.26 Å². The Morgan fingerprint density at radius 1 is 1.52 bits per heavy atom. The van der Waals surface area contributed by atoms with Crippen molar-refractivity contribution in [2.75, 3.05) is 39.3 Å². The lowest BCUT2D eigenvalue weighted by atomic mass is 10.2. The molecule has 0 aromatic heterocycles. The van der Waals surface area contributed by atoms with Crippen molar-refractivity contribution in [2.45, 2.75) is 26.2 Å². The molecule has 0 aliphatic carbocycles. The molecule has 0 aromatic rings. The molecule has 3 N–H and O–H groups in total. The Morgan fingerprint density at radius 3 is 2.84 bits per heavy atom. The van der Waals surface area contributed by atoms with Crippen LogP contribution < -0.4 is 11.1 Å². The fraction of sp³-hybridized carbons (Fsp3) is 0.625. The van der Waals surface area contributed by atoms with Gasteiger partial charge in [0.2, 0.25) is 5.91 Å². The van der Waals surface area contributed by atoms with E-state index >= 15 is 0 Å². The zero-order valence-corrected chi connectivity index (χ0v) is 14.5. The summed E-state index contributed by atoms with van der Waals surface area (Å²) in [5.74, 6) is -0.447. The summed E-state index contributed by atoms with van der Waals surface area (Å²) in [6.07, 6.45) is 2.53. The molecule has 0 saturated carbocycles. The van der Waals surface area contributed by atoms with Gasteiger partial charge in [0, 0.05) is 45.3 Å². The van der Waals surface area contributed by atoms with Crippen molar-refractivity contribution in [3.8, 4) is 6.07 Å². The van der Waals surface area contributed by atoms with E-state index in [-0.39, 0.29) is 31.2 Å². The summed E-state index contributed by atoms with van der Waals surface area (Å²) in [5.41, 5.74) is 5.22. The highest BCUT2D eigenvalue weighted by Gasteiger charge is 2.19. The number of nitriles is 1. The van der Waals surface area contributed by atoms with Crippen LogP contribution in [0.1, 0.15) is 26.2 Å². The molecular formula is C16H25N5O4. The molecule has 1 fully saturated rings. The zero-order chi connectivity index (χ0) is 18.7. The van der Waals surface area contributed by atoms with Gasteiger partial charge in [-0.3, -0.25) is 14.5 Å². The Labute approximate surface area is 147 Å². The van der Waals surface area contributed by atoms with Crippen LogP contribution in [0.4, 0.5) is 4.79 Å². The maximum atomic E-state index is 12.1. The highest BCUT2D eigenvalue weighted by molar-refractivity contribution is 5.97. The fourth-order valence-corrected chi connectivity index (χ4v) is 2.36. The first-order valence-electron chi connectivity index (χ1n) is 8.34. The molecule has 1 saturated heterocycles. The third-order valence-corrected chi connectivity index (χ3v) is 3.58. The Kier molecular flexibility index (Phi) is 9.03. The second-order valence-electron chi connectivity index (χ2n) is 5.43. The minimum atomic E-state index is -0.666. The summed E-state index contributed by atoms with van der Waals surface area (Å²) in [7, 11) is 0. The fourth-order valence-electron chi connectivity index (χ4n) is 2.36. The Balaban J connectivity index is 2.52. The van der Waals surface area contributed by atoms with E-state index in [1.165, 1.54) is 0 Å². The monoisotopic (exact) mass is 351 g/mol. The van der Waals surface area contributed by atoms with Crippen LogP contribution in [0.3, 0.4) is 0 Å². The van der Waals surface area contributed by atoms with Crippen molar-refractivity contribution in [2.24, 2.45) is 5.73 Å². The third kappa shape index (κ3) is 6.81. The summed E-state index contributed by atoms with van der Waals surface area (Å²) in [5, 5.41) is 11.8. The van der Waals surface area contributed by atoms with E-state index in [2.05, 4.69) is 5.32 Å². The first kappa shape index (κ1) is 20.4. The van der Waals surface area contributed by atoms with E-state index in [0.717, 1.165) is 24.1 Å². The number of rotatable bonds is 9. The lowest BCUT2D eigenvalue weighted by Crippen LogP contribution is -2.34. The van der Waals surface area contributed by atoms with Crippen molar-refractivity contribution in [3.63, 3.8) is 0 Å². The van der Waals surface area contributed by atoms with Gasteiger partial charge in [0.25, 0.3) is 5.91 Å². The molecular weight excluding hydrogens is 326 g/mol. The van der Waals surface area contributed by atoms with Gasteiger partial charge in [0.15, 0.2) is 0 Å². The number of nitrogens with two attached hydrogens (primary N) is 1. The van der Waals surface area contributed by atoms with Crippen molar-refractivity contribution < 1.29 is 19.1 Å². The number of nitrogens with one attached hydrogen (secondary N) is 1. The predicted octanol–water partition coefficient (Wildman–Crippen LogP) is -0.0602. The molecule has 25 heavy (non-hydrogen) atoms. The van der Waals surface area contributed by atoms with Gasteiger partial charge in [-0.25, -0.2) is 4.79 Å². The molecule has 1 rings (SSSR count). The van der Waals surface area contributed by atoms with E-state index in [4.69, 9.17) is 15.7 Å². The molecule has 0 spiro atoms. The largest absolute Gasteiger partial charge is 0.449 e. The standard InChI is InChI=1S/C16H25N5O4/c1-2-25-16(24)21(10-6-17)12-13(11-18)15(23)19-7-4-9-20-8-3-5-14(20)22/h12H,2-10,17H2,1H3,(H,19,23)/b13-12-. The topological polar surface area (TPSA) is 129 Å². The van der Waals surface area contributed by atoms with E-state index in [9.17, 15) is 14.4 Å². The molecule has 0 atom stereocenters. The number of carbonyl (C=O) groups excluding carboxylic acids is 3. The van der Waals surface area contributed by atoms with Crippen LogP contribution in [0, 0.1) is 11.3 Å². The molecule has 0 radical (unpaired) electrons. The smallest absolute Gasteiger partial charge is 0.413 e. The maximum absolute atomic E-state index is 12.1. The molecule has 0 unspecified atom stereocenters. The molecule has 1 aliphatic heterocycles. The first-order valence-corrected chi connectivity index (χ1v) is 8.34. The van der Waals surface area contributed by atoms with Crippen LogP contribution >= 0.6 is 0 Å². The molecule has 9 nitrogen and oxygen atoms in total. The van der Waals surface area contributed by atoms with Gasteiger partial charge in [-0.15, -0.1) is 0 Å². The number of nitrogens with zero attached hydrogens (tertiary/aromatic N) is 3. The average molecular weight is 351 g/mol. The second-order valence-corrected chi connectivity index (χ2v) is 5.43. The molecule has 0 aromatic carbocycles. The van der Waals surface area contributed by atoms with Gasteiger partial charge in [-0.1, -0.05) is 0 Å². The second kappa shape index (κ2) is 11.0. The number of likely N-dealkylation sites (tertiary alicyclic amines) is 1. The lowest BCUT2D eigenvalue weighted by Gasteiger charge is -2.17. The molecule has 1 aliphatic rings. The van der Waals surface area contributed by atoms with Crippen LogP contribution in [0.25, 0.3) is 0 Å². The van der Waals surface area contributed by atoms with Gasteiger partial charge in [0.1, 0.15) is 11.6 Å². The normalized spacial score (nSPS) is 14.2. The van der Waals surface area contributed by atoms with Crippen molar-refractivity contribution >= 4 is 17.9 Å². The quantitative estimate of drug-likeness (QED) is 0.340. The Bertz CT molecular complexity index is 555. The Morgan fingerprint density at radius 2 is 2.28 bits per heavy atom. The van der Waals surface area contributed by atoms with Crippen LogP contribution in [0.5, 0.6) is 0 Å². The van der Waals surface area contributed by atoms with E-state index in [1.807, 2.05) is 0 Å². The summed E-state index contributed by atoms with van der Waals surface area (Å²) < 4.78 is 4.86. The van der Waals surface area contributed by atoms with Crippen molar-refractivity contribution in [1.82, 2.24) is 15.1 Å². The lowest BCUT2D eigenvalue weighted by molar-refractivity contribution is -0.127. The Hall–Kier alpha value is -2.60. The predicted molar refractivity (Wildman–Crippen MR) is 89.9 cm³/mol. The SMILES string of the molecule is CCOC(=O)N(/C=C(/C#N)C(=O)NCCCN1CCCC1=O)CCN. The van der Waals surface area contributed by atoms with E-state index in [0.29, 0.717) is 25.9 Å². The van der Waals surface area contributed by atoms with Crippen LogP contribution in [0.2, 0.25) is 0 Å². The summed E-state index contributed by atoms with van der Waals surface area (Å²) >= 11 is 0. The molecule has 138 valence electrons. The van der Waals surface area contributed by atoms with Crippen molar-refractivity contribution in [3.05, 3.63) is 11.8 Å². The number of hydrogen-bond donors (Lipinski definition) is 2. The zero-order valence-electron chi connectivity index (χ0n) is 14.5. The number of amides is 3. The first-order chi connectivity index (χ1) is 12.0. The van der Waals surface area contributed by atoms with E-state index in [1.54, 1.807) is 17.9 Å². The molecule has 9 heteroatoms. The molecule has 0 bridgehead atoms. The third-order valence-electron chi connectivity index (χ3n) is 3.58. The van der Waals surface area contributed by atoms with Gasteiger partial charge in [-0.05, 0) is 19.8 Å².